The molecule has 1 aromatic carbocycles. The average Bonchev–Trinajstić information content (AvgIpc) is 3.50. The molecule has 0 spiro atoms. The highest BCUT2D eigenvalue weighted by Crippen LogP contribution is 2.41. The van der Waals surface area contributed by atoms with Crippen molar-refractivity contribution in [2.75, 3.05) is 32.1 Å². The van der Waals surface area contributed by atoms with Crippen LogP contribution in [0, 0.1) is 0 Å². The van der Waals surface area contributed by atoms with Gasteiger partial charge in [0.05, 0.1) is 25.5 Å². The molecule has 2 aliphatic rings. The first-order valence-corrected chi connectivity index (χ1v) is 11.3. The van der Waals surface area contributed by atoms with Crippen LogP contribution in [0.3, 0.4) is 0 Å². The van der Waals surface area contributed by atoms with Crippen LogP contribution >= 0.6 is 0 Å². The van der Waals surface area contributed by atoms with Crippen LogP contribution in [0.5, 0.6) is 11.5 Å². The topological polar surface area (TPSA) is 81.0 Å². The van der Waals surface area contributed by atoms with Crippen molar-refractivity contribution in [2.24, 2.45) is 0 Å². The Bertz CT molecular complexity index is 1160. The van der Waals surface area contributed by atoms with E-state index in [-0.39, 0.29) is 18.1 Å². The van der Waals surface area contributed by atoms with Crippen molar-refractivity contribution in [1.82, 2.24) is 19.5 Å². The second-order valence-corrected chi connectivity index (χ2v) is 9.00. The third kappa shape index (κ3) is 5.44. The van der Waals surface area contributed by atoms with Crippen LogP contribution in [0.2, 0.25) is 0 Å². The lowest BCUT2D eigenvalue weighted by Gasteiger charge is -2.17. The fourth-order valence-electron chi connectivity index (χ4n) is 4.24. The molecule has 2 aliphatic heterocycles. The molecule has 4 heterocycles. The largest absolute Gasteiger partial charge is 0.494 e. The van der Waals surface area contributed by atoms with Crippen molar-refractivity contribution in [3.05, 3.63) is 47.9 Å². The Hall–Kier alpha value is -3.27. The van der Waals surface area contributed by atoms with Crippen LogP contribution in [0.4, 0.5) is 14.5 Å². The monoisotopic (exact) mass is 473 g/mol. The van der Waals surface area contributed by atoms with Gasteiger partial charge in [-0.15, -0.1) is 0 Å². The van der Waals surface area contributed by atoms with Gasteiger partial charge in [-0.1, -0.05) is 0 Å². The second kappa shape index (κ2) is 9.92. The third-order valence-electron chi connectivity index (χ3n) is 5.75. The van der Waals surface area contributed by atoms with E-state index in [0.717, 1.165) is 43.7 Å². The quantitative estimate of drug-likeness (QED) is 0.602. The summed E-state index contributed by atoms with van der Waals surface area (Å²) in [5, 5.41) is 7.04. The van der Waals surface area contributed by atoms with Crippen LogP contribution in [0.25, 0.3) is 5.65 Å². The Morgan fingerprint density at radius 3 is 2.76 bits per heavy atom. The Labute approximate surface area is 196 Å². The molecule has 10 heteroatoms. The highest BCUT2D eigenvalue weighted by Gasteiger charge is 2.31. The Morgan fingerprint density at radius 2 is 2.06 bits per heavy atom. The number of aromatic nitrogens is 3. The molecule has 0 aliphatic carbocycles. The minimum atomic E-state index is -2.15. The summed E-state index contributed by atoms with van der Waals surface area (Å²) in [4.78, 5) is 18.7. The van der Waals surface area contributed by atoms with Gasteiger partial charge in [0.2, 0.25) is 0 Å². The van der Waals surface area contributed by atoms with E-state index in [2.05, 4.69) is 15.4 Å². The van der Waals surface area contributed by atoms with Gasteiger partial charge in [-0.2, -0.15) is 5.10 Å². The normalized spacial score (nSPS) is 16.6. The van der Waals surface area contributed by atoms with E-state index in [1.165, 1.54) is 6.20 Å². The first kappa shape index (κ1) is 23.9. The third-order valence-corrected chi connectivity index (χ3v) is 5.75. The molecule has 0 saturated carbocycles. The predicted octanol–water partition coefficient (Wildman–Crippen LogP) is 4.05. The average molecular weight is 474 g/mol. The molecule has 0 atom stereocenters. The maximum Gasteiger partial charge on any atom is 0.261 e. The van der Waals surface area contributed by atoms with Gasteiger partial charge in [0.15, 0.2) is 5.65 Å². The SMILES string of the molecule is COc1cc2c(cc1NC(=O)c1cnn3cccnc13)CC(C)(C)O2.FC(F)CN1CCCC1. The van der Waals surface area contributed by atoms with Crippen LogP contribution in [-0.4, -0.2) is 64.2 Å². The minimum Gasteiger partial charge on any atom is -0.494 e. The summed E-state index contributed by atoms with van der Waals surface area (Å²) >= 11 is 0. The van der Waals surface area contributed by atoms with Gasteiger partial charge in [-0.05, 0) is 51.9 Å². The number of nitrogens with zero attached hydrogens (tertiary/aromatic N) is 4. The van der Waals surface area contributed by atoms with Gasteiger partial charge < -0.3 is 14.8 Å². The van der Waals surface area contributed by atoms with Crippen molar-refractivity contribution in [2.45, 2.75) is 45.1 Å². The van der Waals surface area contributed by atoms with Gasteiger partial charge in [0.25, 0.3) is 12.3 Å². The molecule has 2 aromatic heterocycles. The van der Waals surface area contributed by atoms with Gasteiger partial charge in [0.1, 0.15) is 22.7 Å². The molecule has 8 nitrogen and oxygen atoms in total. The number of alkyl halides is 2. The zero-order valence-corrected chi connectivity index (χ0v) is 19.6. The zero-order chi connectivity index (χ0) is 24.3. The molecule has 0 bridgehead atoms. The zero-order valence-electron chi connectivity index (χ0n) is 19.6. The number of rotatable bonds is 5. The second-order valence-electron chi connectivity index (χ2n) is 9.00. The Balaban J connectivity index is 0.000000257. The molecular formula is C24H29F2N5O3. The molecule has 182 valence electrons. The fourth-order valence-corrected chi connectivity index (χ4v) is 4.24. The highest BCUT2D eigenvalue weighted by atomic mass is 19.3. The lowest BCUT2D eigenvalue weighted by Crippen LogP contribution is -2.25. The minimum absolute atomic E-state index is 0.0278. The number of benzene rings is 1. The van der Waals surface area contributed by atoms with Crippen LogP contribution in [0.1, 0.15) is 42.6 Å². The number of amides is 1. The summed E-state index contributed by atoms with van der Waals surface area (Å²) in [7, 11) is 1.56. The number of hydrogen-bond acceptors (Lipinski definition) is 6. The van der Waals surface area contributed by atoms with Crippen LogP contribution in [-0.2, 0) is 6.42 Å². The highest BCUT2D eigenvalue weighted by molar-refractivity contribution is 6.08. The number of hydrogen-bond donors (Lipinski definition) is 1. The number of carbonyl (C=O) groups excluding carboxylic acids is 1. The fraction of sp³-hybridized carbons (Fsp3) is 0.458. The van der Waals surface area contributed by atoms with Gasteiger partial charge in [-0.25, -0.2) is 18.3 Å². The number of likely N-dealkylation sites (tertiary alicyclic amines) is 1. The lowest BCUT2D eigenvalue weighted by molar-refractivity contribution is 0.0995. The summed E-state index contributed by atoms with van der Waals surface area (Å²) in [6, 6.07) is 5.47. The predicted molar refractivity (Wildman–Crippen MR) is 124 cm³/mol. The number of methoxy groups -OCH3 is 1. The maximum absolute atomic E-state index is 12.7. The Morgan fingerprint density at radius 1 is 1.29 bits per heavy atom. The van der Waals surface area contributed by atoms with Crippen molar-refractivity contribution < 1.29 is 23.0 Å². The molecule has 1 fully saturated rings. The van der Waals surface area contributed by atoms with E-state index < -0.39 is 6.43 Å². The molecule has 34 heavy (non-hydrogen) atoms. The van der Waals surface area contributed by atoms with Gasteiger partial charge in [0, 0.05) is 30.4 Å². The van der Waals surface area contributed by atoms with E-state index in [9.17, 15) is 13.6 Å². The van der Waals surface area contributed by atoms with Crippen molar-refractivity contribution in [3.8, 4) is 11.5 Å². The van der Waals surface area contributed by atoms with Crippen molar-refractivity contribution >= 4 is 17.2 Å². The first-order chi connectivity index (χ1) is 16.3. The first-order valence-electron chi connectivity index (χ1n) is 11.3. The van der Waals surface area contributed by atoms with E-state index in [1.54, 1.807) is 30.1 Å². The summed E-state index contributed by atoms with van der Waals surface area (Å²) in [6.45, 7) is 5.76. The van der Waals surface area contributed by atoms with E-state index in [0.29, 0.717) is 22.6 Å². The molecule has 0 unspecified atom stereocenters. The summed E-state index contributed by atoms with van der Waals surface area (Å²) in [5.41, 5.74) is 2.29. The number of halogens is 2. The van der Waals surface area contributed by atoms with Gasteiger partial charge in [-0.3, -0.25) is 9.69 Å². The smallest absolute Gasteiger partial charge is 0.261 e. The number of anilines is 1. The molecule has 5 rings (SSSR count). The van der Waals surface area contributed by atoms with Crippen molar-refractivity contribution in [3.63, 3.8) is 0 Å². The lowest BCUT2D eigenvalue weighted by atomic mass is 10.0. The number of fused-ring (bicyclic) bond motifs is 2. The number of ether oxygens (including phenoxy) is 2. The summed E-state index contributed by atoms with van der Waals surface area (Å²) < 4.78 is 36.2. The molecular weight excluding hydrogens is 444 g/mol. The van der Waals surface area contributed by atoms with Crippen LogP contribution < -0.4 is 14.8 Å². The van der Waals surface area contributed by atoms with Crippen LogP contribution in [0.15, 0.2) is 36.8 Å². The van der Waals surface area contributed by atoms with E-state index >= 15 is 0 Å². The van der Waals surface area contributed by atoms with E-state index in [1.807, 2.05) is 30.9 Å². The maximum atomic E-state index is 12.7. The summed E-state index contributed by atoms with van der Waals surface area (Å²) in [6.07, 6.45) is 5.68. The standard InChI is InChI=1S/C18H18N4O3.C6H11F2N/c1-18(2)9-11-7-13(15(24-3)8-14(11)25-18)21-17(23)12-10-20-22-6-4-5-19-16(12)22;7-6(8)5-9-3-1-2-4-9/h4-8,10H,9H2,1-3H3,(H,21,23);6H,1-5H2. The molecule has 3 aromatic rings. The number of carbonyl (C=O) groups is 1. The summed E-state index contributed by atoms with van der Waals surface area (Å²) in [5.74, 6) is 1.05. The number of nitrogens with one attached hydrogen (secondary N) is 1. The molecule has 1 amide bonds. The van der Waals surface area contributed by atoms with Gasteiger partial charge >= 0.3 is 0 Å². The van der Waals surface area contributed by atoms with Crippen molar-refractivity contribution in [1.29, 1.82) is 0 Å². The Kier molecular flexibility index (Phi) is 6.97. The molecule has 0 radical (unpaired) electrons. The van der Waals surface area contributed by atoms with E-state index in [4.69, 9.17) is 9.47 Å². The molecule has 1 N–H and O–H groups in total. The molecule has 1 saturated heterocycles.